The van der Waals surface area contributed by atoms with Crippen LogP contribution in [0.4, 0.5) is 0 Å². The number of amides is 1. The molecule has 5 heteroatoms. The lowest BCUT2D eigenvalue weighted by Gasteiger charge is -2.52. The molecule has 2 aromatic rings. The highest BCUT2D eigenvalue weighted by molar-refractivity contribution is 5.99. The van der Waals surface area contributed by atoms with Gasteiger partial charge in [0.15, 0.2) is 0 Å². The molecule has 3 aliphatic carbocycles. The van der Waals surface area contributed by atoms with Gasteiger partial charge in [0.05, 0.1) is 5.41 Å². The Morgan fingerprint density at radius 1 is 1.12 bits per heavy atom. The first-order chi connectivity index (χ1) is 11.5. The van der Waals surface area contributed by atoms with Crippen molar-refractivity contribution in [3.63, 3.8) is 0 Å². The highest BCUT2D eigenvalue weighted by Gasteiger charge is 2.53. The van der Waals surface area contributed by atoms with Crippen LogP contribution in [0.5, 0.6) is 0 Å². The Morgan fingerprint density at radius 2 is 1.79 bits per heavy atom. The zero-order chi connectivity index (χ0) is 16.9. The van der Waals surface area contributed by atoms with E-state index in [9.17, 15) is 14.7 Å². The summed E-state index contributed by atoms with van der Waals surface area (Å²) in [5, 5.41) is 13.3. The van der Waals surface area contributed by atoms with Crippen LogP contribution >= 0.6 is 0 Å². The van der Waals surface area contributed by atoms with Gasteiger partial charge in [-0.3, -0.25) is 9.59 Å². The summed E-state index contributed by atoms with van der Waals surface area (Å²) < 4.78 is 0. The second-order valence-corrected chi connectivity index (χ2v) is 7.39. The number of H-pyrrole nitrogens is 1. The summed E-state index contributed by atoms with van der Waals surface area (Å²) in [6.07, 6.45) is 5.01. The zero-order valence-corrected chi connectivity index (χ0v) is 13.8. The van der Waals surface area contributed by atoms with Gasteiger partial charge >= 0.3 is 5.97 Å². The van der Waals surface area contributed by atoms with Gasteiger partial charge in [0, 0.05) is 18.0 Å². The number of benzene rings is 1. The normalized spacial score (nSPS) is 28.9. The number of carboxylic acids is 1. The Kier molecular flexibility index (Phi) is 3.24. The number of carboxylic acid groups (broad SMARTS) is 1. The highest BCUT2D eigenvalue weighted by atomic mass is 16.4. The lowest BCUT2D eigenvalue weighted by Crippen LogP contribution is -2.47. The minimum Gasteiger partial charge on any atom is -0.481 e. The first-order valence-corrected chi connectivity index (χ1v) is 8.57. The number of aromatic nitrogens is 1. The maximum Gasteiger partial charge on any atom is 0.309 e. The number of fused-ring (bicyclic) bond motifs is 4. The molecule has 5 rings (SSSR count). The number of nitrogens with one attached hydrogen (secondary N) is 2. The quantitative estimate of drug-likeness (QED) is 0.810. The van der Waals surface area contributed by atoms with Gasteiger partial charge < -0.3 is 15.4 Å². The average Bonchev–Trinajstić information content (AvgIpc) is 3.06. The number of carbonyl (C=O) groups excluding carboxylic acids is 1. The Morgan fingerprint density at radius 3 is 2.38 bits per heavy atom. The summed E-state index contributed by atoms with van der Waals surface area (Å²) >= 11 is 0. The van der Waals surface area contributed by atoms with Gasteiger partial charge in [-0.25, -0.2) is 0 Å². The van der Waals surface area contributed by atoms with Crippen LogP contribution in [0.1, 0.15) is 54.6 Å². The minimum atomic E-state index is -0.627. The highest BCUT2D eigenvalue weighted by Crippen LogP contribution is 2.58. The molecule has 0 saturated heterocycles. The molecule has 1 heterocycles. The molecule has 1 amide bonds. The SMILES string of the molecule is CNC(=O)c1cc2c(C34CCC(C(=O)O)(CC3)CC4)cccc2[nH]1. The van der Waals surface area contributed by atoms with E-state index in [1.165, 1.54) is 5.56 Å². The van der Waals surface area contributed by atoms with Gasteiger partial charge in [0.2, 0.25) is 0 Å². The summed E-state index contributed by atoms with van der Waals surface area (Å²) in [6, 6.07) is 8.12. The molecular formula is C19H22N2O3. The van der Waals surface area contributed by atoms with E-state index in [1.807, 2.05) is 18.2 Å². The monoisotopic (exact) mass is 326 g/mol. The number of hydrogen-bond acceptors (Lipinski definition) is 2. The zero-order valence-electron chi connectivity index (χ0n) is 13.8. The Balaban J connectivity index is 1.76. The molecule has 24 heavy (non-hydrogen) atoms. The van der Waals surface area contributed by atoms with Crippen LogP contribution < -0.4 is 5.32 Å². The van der Waals surface area contributed by atoms with Gasteiger partial charge in [-0.1, -0.05) is 12.1 Å². The van der Waals surface area contributed by atoms with Crippen molar-refractivity contribution >= 4 is 22.8 Å². The van der Waals surface area contributed by atoms with E-state index in [-0.39, 0.29) is 11.3 Å². The minimum absolute atomic E-state index is 0.0544. The van der Waals surface area contributed by atoms with Crippen LogP contribution in [0, 0.1) is 5.41 Å². The Bertz CT molecular complexity index is 812. The van der Waals surface area contributed by atoms with E-state index in [0.29, 0.717) is 5.69 Å². The van der Waals surface area contributed by atoms with E-state index in [0.717, 1.165) is 49.4 Å². The third kappa shape index (κ3) is 2.00. The van der Waals surface area contributed by atoms with E-state index < -0.39 is 11.4 Å². The molecule has 1 aromatic heterocycles. The standard InChI is InChI=1S/C19H22N2O3/c1-20-16(22)15-11-12-13(3-2-4-14(12)21-15)18-5-8-19(9-6-18,10-7-18)17(23)24/h2-4,11,21H,5-10H2,1H3,(H,20,22)(H,23,24). The van der Waals surface area contributed by atoms with E-state index >= 15 is 0 Å². The number of aliphatic carboxylic acids is 1. The third-order valence-corrected chi connectivity index (χ3v) is 6.41. The Labute approximate surface area is 140 Å². The maximum atomic E-state index is 11.9. The fourth-order valence-electron chi connectivity index (χ4n) is 4.79. The topological polar surface area (TPSA) is 82.2 Å². The van der Waals surface area contributed by atoms with Crippen LogP contribution in [0.3, 0.4) is 0 Å². The molecule has 0 spiro atoms. The molecule has 3 saturated carbocycles. The van der Waals surface area contributed by atoms with Gasteiger partial charge in [-0.2, -0.15) is 0 Å². The van der Waals surface area contributed by atoms with Crippen molar-refractivity contribution in [2.75, 3.05) is 7.05 Å². The van der Waals surface area contributed by atoms with Crippen molar-refractivity contribution in [1.82, 2.24) is 10.3 Å². The fraction of sp³-hybridized carbons (Fsp3) is 0.474. The van der Waals surface area contributed by atoms with Crippen LogP contribution in [0.15, 0.2) is 24.3 Å². The molecule has 3 fully saturated rings. The predicted octanol–water partition coefficient (Wildman–Crippen LogP) is 3.20. The van der Waals surface area contributed by atoms with E-state index in [2.05, 4.69) is 16.4 Å². The van der Waals surface area contributed by atoms with Crippen molar-refractivity contribution in [2.24, 2.45) is 5.41 Å². The van der Waals surface area contributed by atoms with Crippen molar-refractivity contribution in [3.05, 3.63) is 35.5 Å². The number of carbonyl (C=O) groups is 2. The van der Waals surface area contributed by atoms with Gasteiger partial charge in [0.1, 0.15) is 5.69 Å². The molecular weight excluding hydrogens is 304 g/mol. The second kappa shape index (κ2) is 5.10. The molecule has 0 aliphatic heterocycles. The maximum absolute atomic E-state index is 11.9. The molecule has 126 valence electrons. The fourth-order valence-corrected chi connectivity index (χ4v) is 4.79. The number of rotatable bonds is 3. The van der Waals surface area contributed by atoms with Crippen molar-refractivity contribution in [1.29, 1.82) is 0 Å². The van der Waals surface area contributed by atoms with Crippen molar-refractivity contribution < 1.29 is 14.7 Å². The lowest BCUT2D eigenvalue weighted by molar-refractivity contribution is -0.156. The van der Waals surface area contributed by atoms with Crippen molar-refractivity contribution in [2.45, 2.75) is 43.9 Å². The summed E-state index contributed by atoms with van der Waals surface area (Å²) in [7, 11) is 1.63. The van der Waals surface area contributed by atoms with Crippen LogP contribution in [0.25, 0.3) is 10.9 Å². The first kappa shape index (κ1) is 15.2. The molecule has 2 bridgehead atoms. The average molecular weight is 326 g/mol. The van der Waals surface area contributed by atoms with Gasteiger partial charge in [-0.05, 0) is 61.6 Å². The smallest absolute Gasteiger partial charge is 0.309 e. The van der Waals surface area contributed by atoms with Crippen molar-refractivity contribution in [3.8, 4) is 0 Å². The molecule has 5 nitrogen and oxygen atoms in total. The summed E-state index contributed by atoms with van der Waals surface area (Å²) in [4.78, 5) is 26.8. The largest absolute Gasteiger partial charge is 0.481 e. The predicted molar refractivity (Wildman–Crippen MR) is 91.1 cm³/mol. The van der Waals surface area contributed by atoms with Gasteiger partial charge in [0.25, 0.3) is 5.91 Å². The summed E-state index contributed by atoms with van der Waals surface area (Å²) in [6.45, 7) is 0. The third-order valence-electron chi connectivity index (χ3n) is 6.41. The molecule has 0 radical (unpaired) electrons. The van der Waals surface area contributed by atoms with Crippen LogP contribution in [-0.2, 0) is 10.2 Å². The Hall–Kier alpha value is -2.30. The van der Waals surface area contributed by atoms with Gasteiger partial charge in [-0.15, -0.1) is 0 Å². The summed E-state index contributed by atoms with van der Waals surface area (Å²) in [5.41, 5.74) is 2.37. The lowest BCUT2D eigenvalue weighted by atomic mass is 9.51. The number of aromatic amines is 1. The second-order valence-electron chi connectivity index (χ2n) is 7.39. The van der Waals surface area contributed by atoms with Crippen LogP contribution in [-0.4, -0.2) is 29.0 Å². The van der Waals surface area contributed by atoms with E-state index in [4.69, 9.17) is 0 Å². The van der Waals surface area contributed by atoms with E-state index in [1.54, 1.807) is 7.05 Å². The van der Waals surface area contributed by atoms with Crippen LogP contribution in [0.2, 0.25) is 0 Å². The molecule has 3 aliphatic rings. The summed E-state index contributed by atoms with van der Waals surface area (Å²) in [5.74, 6) is -0.746. The molecule has 0 atom stereocenters. The molecule has 1 aromatic carbocycles. The first-order valence-electron chi connectivity index (χ1n) is 8.57. The molecule has 3 N–H and O–H groups in total. The number of hydrogen-bond donors (Lipinski definition) is 3. The molecule has 0 unspecified atom stereocenters.